The molecule has 1 amide bonds. The lowest BCUT2D eigenvalue weighted by molar-refractivity contribution is 0.102. The van der Waals surface area contributed by atoms with Crippen LogP contribution in [0.3, 0.4) is 0 Å². The highest BCUT2D eigenvalue weighted by Gasteiger charge is 2.07. The average Bonchev–Trinajstić information content (AvgIpc) is 2.55. The topological polar surface area (TPSA) is 41.6 Å². The van der Waals surface area contributed by atoms with Gasteiger partial charge in [0.1, 0.15) is 5.75 Å². The molecule has 0 unspecified atom stereocenters. The largest absolute Gasteiger partial charge is 0.494 e. The van der Waals surface area contributed by atoms with E-state index in [1.165, 1.54) is 5.56 Å². The Hall–Kier alpha value is -2.33. The Balaban J connectivity index is 1.88. The van der Waals surface area contributed by atoms with Crippen molar-refractivity contribution in [2.24, 2.45) is 0 Å². The van der Waals surface area contributed by atoms with Crippen molar-refractivity contribution in [3.8, 4) is 5.75 Å². The van der Waals surface area contributed by atoms with E-state index >= 15 is 0 Å². The lowest BCUT2D eigenvalue weighted by atomic mass is 10.1. The van der Waals surface area contributed by atoms with Crippen LogP contribution in [-0.4, -0.2) is 38.1 Å². The number of rotatable bonds is 7. The van der Waals surface area contributed by atoms with Gasteiger partial charge in [-0.3, -0.25) is 4.79 Å². The number of hydrogen-bond acceptors (Lipinski definition) is 3. The predicted molar refractivity (Wildman–Crippen MR) is 99.0 cm³/mol. The van der Waals surface area contributed by atoms with Crippen LogP contribution in [0.2, 0.25) is 0 Å². The number of aryl methyl sites for hydroxylation is 2. The van der Waals surface area contributed by atoms with Gasteiger partial charge in [0.25, 0.3) is 5.91 Å². The molecule has 4 heteroatoms. The minimum Gasteiger partial charge on any atom is -0.494 e. The second-order valence-electron chi connectivity index (χ2n) is 6.28. The quantitative estimate of drug-likeness (QED) is 0.785. The van der Waals surface area contributed by atoms with Gasteiger partial charge in [-0.2, -0.15) is 0 Å². The van der Waals surface area contributed by atoms with E-state index < -0.39 is 0 Å². The fourth-order valence-electron chi connectivity index (χ4n) is 2.29. The third kappa shape index (κ3) is 5.39. The Morgan fingerprint density at radius 1 is 1.04 bits per heavy atom. The maximum absolute atomic E-state index is 12.3. The molecule has 0 aliphatic rings. The average molecular weight is 326 g/mol. The summed E-state index contributed by atoms with van der Waals surface area (Å²) in [6.07, 6.45) is 0.984. The van der Waals surface area contributed by atoms with Crippen LogP contribution in [0.4, 0.5) is 5.69 Å². The smallest absolute Gasteiger partial charge is 0.255 e. The van der Waals surface area contributed by atoms with E-state index in [9.17, 15) is 4.79 Å². The summed E-state index contributed by atoms with van der Waals surface area (Å²) >= 11 is 0. The Morgan fingerprint density at radius 2 is 1.75 bits per heavy atom. The van der Waals surface area contributed by atoms with Crippen molar-refractivity contribution in [2.75, 3.05) is 32.6 Å². The van der Waals surface area contributed by atoms with Crippen molar-refractivity contribution in [3.63, 3.8) is 0 Å². The van der Waals surface area contributed by atoms with Gasteiger partial charge in [-0.1, -0.05) is 6.07 Å². The number of nitrogens with one attached hydrogen (secondary N) is 1. The van der Waals surface area contributed by atoms with E-state index in [-0.39, 0.29) is 5.91 Å². The molecule has 0 heterocycles. The maximum Gasteiger partial charge on any atom is 0.255 e. The minimum absolute atomic E-state index is 0.0993. The van der Waals surface area contributed by atoms with Crippen LogP contribution in [0.15, 0.2) is 42.5 Å². The lowest BCUT2D eigenvalue weighted by Crippen LogP contribution is -2.15. The molecule has 1 N–H and O–H groups in total. The molecule has 0 aliphatic heterocycles. The highest BCUT2D eigenvalue weighted by atomic mass is 16.5. The van der Waals surface area contributed by atoms with Crippen molar-refractivity contribution in [1.29, 1.82) is 0 Å². The summed E-state index contributed by atoms with van der Waals surface area (Å²) in [5.74, 6) is 0.718. The molecule has 0 aliphatic carbocycles. The summed E-state index contributed by atoms with van der Waals surface area (Å²) < 4.78 is 5.69. The second-order valence-corrected chi connectivity index (χ2v) is 6.28. The molecule has 0 fully saturated rings. The predicted octanol–water partition coefficient (Wildman–Crippen LogP) is 3.89. The summed E-state index contributed by atoms with van der Waals surface area (Å²) in [5, 5.41) is 2.91. The molecular formula is C20H26N2O2. The first-order valence-corrected chi connectivity index (χ1v) is 8.22. The maximum atomic E-state index is 12.3. The summed E-state index contributed by atoms with van der Waals surface area (Å²) in [4.78, 5) is 14.4. The van der Waals surface area contributed by atoms with Crippen LogP contribution in [0.1, 0.15) is 27.9 Å². The molecule has 0 saturated heterocycles. The zero-order valence-electron chi connectivity index (χ0n) is 14.9. The number of hydrogen-bond donors (Lipinski definition) is 1. The first kappa shape index (κ1) is 18.0. The van der Waals surface area contributed by atoms with Gasteiger partial charge in [0.05, 0.1) is 6.61 Å². The van der Waals surface area contributed by atoms with Gasteiger partial charge in [0.15, 0.2) is 0 Å². The van der Waals surface area contributed by atoms with Gasteiger partial charge in [0.2, 0.25) is 0 Å². The molecule has 2 rings (SSSR count). The van der Waals surface area contributed by atoms with Gasteiger partial charge in [-0.25, -0.2) is 0 Å². The summed E-state index contributed by atoms with van der Waals surface area (Å²) in [6, 6.07) is 13.2. The summed E-state index contributed by atoms with van der Waals surface area (Å²) in [7, 11) is 4.10. The van der Waals surface area contributed by atoms with Crippen molar-refractivity contribution >= 4 is 11.6 Å². The number of carbonyl (C=O) groups excluding carboxylic acids is 1. The van der Waals surface area contributed by atoms with Gasteiger partial charge in [-0.15, -0.1) is 0 Å². The standard InChI is InChI=1S/C20H26N2O2/c1-15-6-7-17(14-16(15)2)20(23)21-18-8-10-19(11-9-18)24-13-5-12-22(3)4/h6-11,14H,5,12-13H2,1-4H3,(H,21,23). The first-order valence-electron chi connectivity index (χ1n) is 8.22. The Labute approximate surface area is 144 Å². The van der Waals surface area contributed by atoms with Crippen molar-refractivity contribution in [1.82, 2.24) is 4.90 Å². The molecule has 0 aromatic heterocycles. The molecule has 0 saturated carbocycles. The highest BCUT2D eigenvalue weighted by Crippen LogP contribution is 2.17. The molecule has 0 spiro atoms. The molecule has 2 aromatic rings. The van der Waals surface area contributed by atoms with Crippen molar-refractivity contribution in [3.05, 3.63) is 59.2 Å². The minimum atomic E-state index is -0.0993. The SMILES string of the molecule is Cc1ccc(C(=O)Nc2ccc(OCCCN(C)C)cc2)cc1C. The lowest BCUT2D eigenvalue weighted by Gasteiger charge is -2.11. The van der Waals surface area contributed by atoms with Gasteiger partial charge < -0.3 is 15.0 Å². The van der Waals surface area contributed by atoms with Crippen molar-refractivity contribution in [2.45, 2.75) is 20.3 Å². The zero-order valence-corrected chi connectivity index (χ0v) is 14.9. The normalized spacial score (nSPS) is 10.7. The molecular weight excluding hydrogens is 300 g/mol. The van der Waals surface area contributed by atoms with E-state index in [0.29, 0.717) is 12.2 Å². The molecule has 24 heavy (non-hydrogen) atoms. The highest BCUT2D eigenvalue weighted by molar-refractivity contribution is 6.04. The molecule has 128 valence electrons. The summed E-state index contributed by atoms with van der Waals surface area (Å²) in [5.41, 5.74) is 3.73. The molecule has 2 aromatic carbocycles. The first-order chi connectivity index (χ1) is 11.5. The van der Waals surface area contributed by atoms with Crippen LogP contribution in [-0.2, 0) is 0 Å². The Kier molecular flexibility index (Phi) is 6.38. The number of ether oxygens (including phenoxy) is 1. The fraction of sp³-hybridized carbons (Fsp3) is 0.350. The molecule has 0 atom stereocenters. The zero-order chi connectivity index (χ0) is 17.5. The van der Waals surface area contributed by atoms with E-state index in [4.69, 9.17) is 4.74 Å². The van der Waals surface area contributed by atoms with E-state index in [0.717, 1.165) is 30.0 Å². The third-order valence-electron chi connectivity index (χ3n) is 3.90. The van der Waals surface area contributed by atoms with Gasteiger partial charge in [0, 0.05) is 17.8 Å². The van der Waals surface area contributed by atoms with Crippen LogP contribution >= 0.6 is 0 Å². The van der Waals surface area contributed by atoms with Gasteiger partial charge in [-0.05, 0) is 81.9 Å². The van der Waals surface area contributed by atoms with E-state index in [2.05, 4.69) is 10.2 Å². The number of nitrogens with zero attached hydrogens (tertiary/aromatic N) is 1. The van der Waals surface area contributed by atoms with Crippen LogP contribution in [0.25, 0.3) is 0 Å². The fourth-order valence-corrected chi connectivity index (χ4v) is 2.29. The van der Waals surface area contributed by atoms with Gasteiger partial charge >= 0.3 is 0 Å². The molecule has 0 bridgehead atoms. The van der Waals surface area contributed by atoms with E-state index in [1.54, 1.807) is 0 Å². The van der Waals surface area contributed by atoms with Crippen molar-refractivity contribution < 1.29 is 9.53 Å². The number of carbonyl (C=O) groups is 1. The van der Waals surface area contributed by atoms with Crippen LogP contribution < -0.4 is 10.1 Å². The van der Waals surface area contributed by atoms with Crippen LogP contribution in [0.5, 0.6) is 5.75 Å². The molecule has 4 nitrogen and oxygen atoms in total. The third-order valence-corrected chi connectivity index (χ3v) is 3.90. The number of benzene rings is 2. The molecule has 0 radical (unpaired) electrons. The van der Waals surface area contributed by atoms with E-state index in [1.807, 2.05) is 70.4 Å². The number of anilines is 1. The van der Waals surface area contributed by atoms with Crippen LogP contribution in [0, 0.1) is 13.8 Å². The second kappa shape index (κ2) is 8.50. The Bertz CT molecular complexity index is 679. The monoisotopic (exact) mass is 326 g/mol. The Morgan fingerprint density at radius 3 is 2.38 bits per heavy atom. The summed E-state index contributed by atoms with van der Waals surface area (Å²) in [6.45, 7) is 5.74. The number of amides is 1.